The summed E-state index contributed by atoms with van der Waals surface area (Å²) in [6.07, 6.45) is 5.09. The third kappa shape index (κ3) is 6.02. The lowest BCUT2D eigenvalue weighted by Gasteiger charge is -2.60. The highest BCUT2D eigenvalue weighted by atomic mass is 16.6. The van der Waals surface area contributed by atoms with Crippen LogP contribution in [-0.2, 0) is 30.4 Å². The summed E-state index contributed by atoms with van der Waals surface area (Å²) >= 11 is 0. The van der Waals surface area contributed by atoms with Gasteiger partial charge in [0.2, 0.25) is 0 Å². The highest BCUT2D eigenvalue weighted by Gasteiger charge is 2.68. The normalized spacial score (nSPS) is 34.3. The van der Waals surface area contributed by atoms with Crippen LogP contribution in [0.4, 0.5) is 5.69 Å². The molecule has 0 spiro atoms. The van der Waals surface area contributed by atoms with Crippen molar-refractivity contribution in [1.82, 2.24) is 5.32 Å². The first-order chi connectivity index (χ1) is 22.2. The molecule has 5 rings (SSSR count). The fourth-order valence-electron chi connectivity index (χ4n) is 9.19. The number of nitrogens with zero attached hydrogens (tertiary/aromatic N) is 2. The van der Waals surface area contributed by atoms with Gasteiger partial charge in [0.15, 0.2) is 18.1 Å². The average Bonchev–Trinajstić information content (AvgIpc) is 3.30. The zero-order chi connectivity index (χ0) is 34.3. The number of nitrogens with one attached hydrogen (secondary N) is 1. The number of nitro benzene ring substituents is 1. The largest absolute Gasteiger partial charge is 0.502 e. The molecule has 0 aliphatic heterocycles. The second kappa shape index (κ2) is 13.0. The Bertz CT molecular complexity index is 1510. The number of rotatable bonds is 10. The molecule has 14 heteroatoms. The second-order valence-electron chi connectivity index (χ2n) is 13.9. The Balaban J connectivity index is 1.23. The molecule has 0 saturated heterocycles. The molecule has 47 heavy (non-hydrogen) atoms. The molecule has 5 N–H and O–H groups in total. The zero-order valence-corrected chi connectivity index (χ0v) is 26.8. The fourth-order valence-corrected chi connectivity index (χ4v) is 9.19. The number of hydrogen-bond donors (Lipinski definition) is 5. The summed E-state index contributed by atoms with van der Waals surface area (Å²) in [6.45, 7) is 2.82. The monoisotopic (exact) mass is 657 g/mol. The van der Waals surface area contributed by atoms with Crippen molar-refractivity contribution < 1.29 is 49.3 Å². The van der Waals surface area contributed by atoms with E-state index in [2.05, 4.69) is 17.4 Å². The minimum Gasteiger partial charge on any atom is -0.502 e. The van der Waals surface area contributed by atoms with Gasteiger partial charge >= 0.3 is 11.7 Å². The van der Waals surface area contributed by atoms with E-state index in [1.807, 2.05) is 13.0 Å². The van der Waals surface area contributed by atoms with Crippen LogP contribution in [0.5, 0.6) is 5.75 Å². The van der Waals surface area contributed by atoms with Gasteiger partial charge < -0.3 is 35.3 Å². The van der Waals surface area contributed by atoms with E-state index in [0.717, 1.165) is 37.7 Å². The van der Waals surface area contributed by atoms with Crippen molar-refractivity contribution in [3.8, 4) is 5.75 Å². The molecule has 1 amide bonds. The number of ether oxygens (including phenoxy) is 1. The summed E-state index contributed by atoms with van der Waals surface area (Å²) in [4.78, 5) is 53.4. The van der Waals surface area contributed by atoms with Crippen LogP contribution in [0.3, 0.4) is 0 Å². The molecule has 3 fully saturated rings. The molecule has 0 bridgehead atoms. The van der Waals surface area contributed by atoms with Crippen molar-refractivity contribution >= 4 is 29.1 Å². The molecule has 4 aliphatic rings. The first-order valence-corrected chi connectivity index (χ1v) is 16.0. The van der Waals surface area contributed by atoms with Crippen molar-refractivity contribution in [2.24, 2.45) is 33.7 Å². The number of phenolic OH excluding ortho intramolecular Hbond substituents is 1. The Morgan fingerprint density at radius 3 is 2.62 bits per heavy atom. The van der Waals surface area contributed by atoms with Gasteiger partial charge in [-0.2, -0.15) is 0 Å². The van der Waals surface area contributed by atoms with E-state index < -0.39 is 70.4 Å². The number of allylic oxidation sites excluding steroid dienone is 2. The number of hydrogen-bond acceptors (Lipinski definition) is 12. The smallest absolute Gasteiger partial charge is 0.328 e. The molecule has 5 unspecified atom stereocenters. The molecule has 256 valence electrons. The number of amides is 1. The lowest BCUT2D eigenvalue weighted by Crippen LogP contribution is -2.62. The third-order valence-electron chi connectivity index (χ3n) is 11.5. The second-order valence-corrected chi connectivity index (χ2v) is 13.9. The number of fused-ring (bicyclic) bond motifs is 5. The number of benzene rings is 1. The van der Waals surface area contributed by atoms with Gasteiger partial charge in [0.05, 0.1) is 23.8 Å². The molecule has 1 aromatic carbocycles. The Morgan fingerprint density at radius 2 is 1.94 bits per heavy atom. The van der Waals surface area contributed by atoms with Crippen molar-refractivity contribution in [1.29, 1.82) is 0 Å². The summed E-state index contributed by atoms with van der Waals surface area (Å²) in [5, 5.41) is 60.1. The van der Waals surface area contributed by atoms with Crippen LogP contribution < -0.4 is 5.32 Å². The molecule has 1 aromatic rings. The summed E-state index contributed by atoms with van der Waals surface area (Å²) in [5.74, 6) is -2.42. The van der Waals surface area contributed by atoms with Gasteiger partial charge in [-0.3, -0.25) is 19.7 Å². The Labute approximate surface area is 272 Å². The predicted molar refractivity (Wildman–Crippen MR) is 166 cm³/mol. The molecule has 0 radical (unpaired) electrons. The number of oxime groups is 1. The number of aliphatic hydroxyl groups excluding tert-OH is 2. The van der Waals surface area contributed by atoms with Crippen LogP contribution in [-0.4, -0.2) is 86.8 Å². The standard InChI is InChI=1S/C33H43N3O11/c1-31-10-8-20(35-47-17-28(41)34-23(30(42)46-3)12-18-4-7-25(38)24(13-18)36(44)45)14-19(31)5-6-21-22-9-11-33(43,27(40)16-37)32(22,2)15-26(39)29(21)31/h4,7,13-14,21-23,26,29,37-39,43H,5-6,8-12,15-17H2,1-3H3,(H,34,41)/b35-20-/t21?,22?,23?,26?,29?,31-,32-,33-/m0/s1. The molecule has 0 aromatic heterocycles. The molecule has 3 saturated carbocycles. The van der Waals surface area contributed by atoms with E-state index in [4.69, 9.17) is 9.57 Å². The number of esters is 1. The lowest BCUT2D eigenvalue weighted by molar-refractivity contribution is -0.385. The molecule has 4 aliphatic carbocycles. The van der Waals surface area contributed by atoms with E-state index in [-0.39, 0.29) is 42.4 Å². The number of methoxy groups -OCH3 is 1. The summed E-state index contributed by atoms with van der Waals surface area (Å²) in [5.41, 5.74) is -1.20. The quantitative estimate of drug-likeness (QED) is 0.139. The minimum atomic E-state index is -1.64. The van der Waals surface area contributed by atoms with Crippen molar-refractivity contribution in [3.05, 3.63) is 45.5 Å². The lowest BCUT2D eigenvalue weighted by atomic mass is 9.45. The number of Topliss-reactive ketones (excluding diaryl/α,β-unsaturated/α-hetero) is 1. The third-order valence-corrected chi connectivity index (χ3v) is 11.5. The summed E-state index contributed by atoms with van der Waals surface area (Å²) in [7, 11) is 1.15. The SMILES string of the molecule is COC(=O)C(Cc1ccc(O)c([N+](=O)[O-])c1)NC(=O)CO/N=C1\C=C2CCC3C(C(O)C[C@@]4(C)C3CC[C@]4(O)C(=O)CO)[C@@]2(C)CC1. The van der Waals surface area contributed by atoms with Gasteiger partial charge in [0.1, 0.15) is 18.2 Å². The molecule has 14 nitrogen and oxygen atoms in total. The maximum absolute atomic E-state index is 12.7. The van der Waals surface area contributed by atoms with E-state index in [1.165, 1.54) is 6.07 Å². The van der Waals surface area contributed by atoms with E-state index in [1.54, 1.807) is 0 Å². The van der Waals surface area contributed by atoms with Crippen LogP contribution in [0, 0.1) is 38.7 Å². The first kappa shape index (κ1) is 34.5. The van der Waals surface area contributed by atoms with Crippen LogP contribution in [0.2, 0.25) is 0 Å². The predicted octanol–water partition coefficient (Wildman–Crippen LogP) is 2.10. The maximum atomic E-state index is 12.7. The minimum absolute atomic E-state index is 0.0460. The molecular weight excluding hydrogens is 614 g/mol. The number of ketones is 1. The highest BCUT2D eigenvalue weighted by molar-refractivity contribution is 5.96. The number of nitro groups is 1. The van der Waals surface area contributed by atoms with Gasteiger partial charge in [-0.1, -0.05) is 30.6 Å². The molecule has 8 atom stereocenters. The average molecular weight is 658 g/mol. The molecule has 0 heterocycles. The Morgan fingerprint density at radius 1 is 1.19 bits per heavy atom. The van der Waals surface area contributed by atoms with Crippen LogP contribution in [0.1, 0.15) is 64.4 Å². The Hall–Kier alpha value is -3.88. The number of carbonyl (C=O) groups excluding carboxylic acids is 3. The van der Waals surface area contributed by atoms with E-state index in [9.17, 15) is 44.9 Å². The van der Waals surface area contributed by atoms with Gasteiger partial charge in [-0.15, -0.1) is 0 Å². The van der Waals surface area contributed by atoms with Gasteiger partial charge in [-0.05, 0) is 85.8 Å². The highest BCUT2D eigenvalue weighted by Crippen LogP contribution is 2.67. The zero-order valence-electron chi connectivity index (χ0n) is 26.8. The summed E-state index contributed by atoms with van der Waals surface area (Å²) < 4.78 is 4.78. The summed E-state index contributed by atoms with van der Waals surface area (Å²) in [6, 6.07) is 2.50. The maximum Gasteiger partial charge on any atom is 0.328 e. The number of phenols is 1. The van der Waals surface area contributed by atoms with Crippen LogP contribution in [0.25, 0.3) is 0 Å². The van der Waals surface area contributed by atoms with Gasteiger partial charge in [0.25, 0.3) is 5.91 Å². The van der Waals surface area contributed by atoms with E-state index >= 15 is 0 Å². The van der Waals surface area contributed by atoms with Gasteiger partial charge in [-0.25, -0.2) is 4.79 Å². The van der Waals surface area contributed by atoms with Crippen LogP contribution in [0.15, 0.2) is 35.0 Å². The van der Waals surface area contributed by atoms with Crippen LogP contribution >= 0.6 is 0 Å². The topological polar surface area (TPSA) is 218 Å². The first-order valence-electron chi connectivity index (χ1n) is 16.0. The number of carbonyl (C=O) groups is 3. The van der Waals surface area contributed by atoms with E-state index in [0.29, 0.717) is 30.5 Å². The number of aliphatic hydroxyl groups is 3. The van der Waals surface area contributed by atoms with Crippen molar-refractivity contribution in [2.75, 3.05) is 20.3 Å². The molecular formula is C33H43N3O11. The Kier molecular flexibility index (Phi) is 9.50. The van der Waals surface area contributed by atoms with Gasteiger partial charge in [0, 0.05) is 17.9 Å². The van der Waals surface area contributed by atoms with Crippen molar-refractivity contribution in [2.45, 2.75) is 83.0 Å². The number of aromatic hydroxyl groups is 1. The fraction of sp³-hybridized carbons (Fsp3) is 0.636. The van der Waals surface area contributed by atoms with Crippen molar-refractivity contribution in [3.63, 3.8) is 0 Å².